The number of rotatable bonds is 16. The number of hydrazine groups is 1. The molecule has 0 fully saturated rings. The van der Waals surface area contributed by atoms with E-state index < -0.39 is 0 Å². The molecule has 20 heavy (non-hydrogen) atoms. The second kappa shape index (κ2) is 16.7. The maximum atomic E-state index is 5.47. The molecule has 0 saturated carbocycles. The quantitative estimate of drug-likeness (QED) is 0.147. The first kappa shape index (κ1) is 19.6. The smallest absolute Gasteiger partial charge is 0.0612 e. The first-order valence-corrected chi connectivity index (χ1v) is 8.61. The zero-order chi connectivity index (χ0) is 14.9. The van der Waals surface area contributed by atoms with Crippen molar-refractivity contribution in [2.45, 2.75) is 77.6 Å². The highest BCUT2D eigenvalue weighted by Gasteiger charge is 2.03. The molecule has 0 amide bonds. The highest BCUT2D eigenvalue weighted by atomic mass is 15.3. The van der Waals surface area contributed by atoms with Gasteiger partial charge in [0, 0.05) is 0 Å². The summed E-state index contributed by atoms with van der Waals surface area (Å²) in [5.74, 6) is 5.47. The van der Waals surface area contributed by atoms with Crippen LogP contribution in [0.15, 0.2) is 12.7 Å². The van der Waals surface area contributed by atoms with Crippen LogP contribution in [0, 0.1) is 0 Å². The standard InChI is InChI=1S/C17H37N3/c1-3-5-7-9-11-13-15-20(17-19-18)16-14-12-10-8-6-4-2/h3,19H,1,4-18H2,2H3. The van der Waals surface area contributed by atoms with Crippen molar-refractivity contribution >= 4 is 0 Å². The highest BCUT2D eigenvalue weighted by Crippen LogP contribution is 2.07. The molecular weight excluding hydrogens is 246 g/mol. The molecule has 0 aliphatic carbocycles. The molecule has 0 atom stereocenters. The summed E-state index contributed by atoms with van der Waals surface area (Å²) in [4.78, 5) is 2.45. The molecule has 3 nitrogen and oxygen atoms in total. The van der Waals surface area contributed by atoms with Gasteiger partial charge in [-0.1, -0.05) is 57.9 Å². The Kier molecular flexibility index (Phi) is 16.4. The van der Waals surface area contributed by atoms with E-state index in [2.05, 4.69) is 23.8 Å². The minimum absolute atomic E-state index is 0.821. The van der Waals surface area contributed by atoms with E-state index >= 15 is 0 Å². The van der Waals surface area contributed by atoms with Gasteiger partial charge < -0.3 is 0 Å². The van der Waals surface area contributed by atoms with Gasteiger partial charge in [-0.25, -0.2) is 5.43 Å². The molecule has 0 aromatic carbocycles. The van der Waals surface area contributed by atoms with Crippen LogP contribution in [-0.4, -0.2) is 24.7 Å². The van der Waals surface area contributed by atoms with Crippen molar-refractivity contribution in [3.63, 3.8) is 0 Å². The Bertz CT molecular complexity index is 195. The Hall–Kier alpha value is -0.380. The number of nitrogens with two attached hydrogens (primary N) is 1. The summed E-state index contributed by atoms with van der Waals surface area (Å²) >= 11 is 0. The van der Waals surface area contributed by atoms with Gasteiger partial charge in [0.1, 0.15) is 0 Å². The molecule has 0 aromatic rings. The number of unbranched alkanes of at least 4 members (excludes halogenated alkanes) is 9. The van der Waals surface area contributed by atoms with Crippen LogP contribution >= 0.6 is 0 Å². The van der Waals surface area contributed by atoms with E-state index in [4.69, 9.17) is 5.84 Å². The average Bonchev–Trinajstić information content (AvgIpc) is 2.46. The fourth-order valence-electron chi connectivity index (χ4n) is 2.49. The van der Waals surface area contributed by atoms with Crippen LogP contribution in [-0.2, 0) is 0 Å². The van der Waals surface area contributed by atoms with E-state index in [0.717, 1.165) is 13.1 Å². The molecule has 0 spiro atoms. The predicted octanol–water partition coefficient (Wildman–Crippen LogP) is 4.21. The molecule has 3 N–H and O–H groups in total. The maximum Gasteiger partial charge on any atom is 0.0612 e. The lowest BCUT2D eigenvalue weighted by Gasteiger charge is -2.21. The van der Waals surface area contributed by atoms with Crippen molar-refractivity contribution < 1.29 is 0 Å². The summed E-state index contributed by atoms with van der Waals surface area (Å²) < 4.78 is 0. The van der Waals surface area contributed by atoms with Crippen LogP contribution in [0.1, 0.15) is 77.6 Å². The molecule has 120 valence electrons. The number of nitrogens with one attached hydrogen (secondary N) is 1. The summed E-state index contributed by atoms with van der Waals surface area (Å²) in [7, 11) is 0. The van der Waals surface area contributed by atoms with Crippen molar-refractivity contribution in [3.8, 4) is 0 Å². The number of hydrogen-bond acceptors (Lipinski definition) is 3. The third-order valence-electron chi connectivity index (χ3n) is 3.78. The van der Waals surface area contributed by atoms with Crippen molar-refractivity contribution in [1.82, 2.24) is 10.3 Å². The first-order valence-electron chi connectivity index (χ1n) is 8.61. The normalized spacial score (nSPS) is 11.2. The van der Waals surface area contributed by atoms with Crippen LogP contribution in [0.5, 0.6) is 0 Å². The summed E-state index contributed by atoms with van der Waals surface area (Å²) in [6, 6.07) is 0. The number of hydrogen-bond donors (Lipinski definition) is 2. The van der Waals surface area contributed by atoms with E-state index in [-0.39, 0.29) is 0 Å². The van der Waals surface area contributed by atoms with Gasteiger partial charge in [0.2, 0.25) is 0 Å². The number of nitrogens with zero attached hydrogens (tertiary/aromatic N) is 1. The zero-order valence-corrected chi connectivity index (χ0v) is 13.7. The molecule has 0 heterocycles. The predicted molar refractivity (Wildman–Crippen MR) is 90.4 cm³/mol. The Morgan fingerprint density at radius 2 is 1.45 bits per heavy atom. The Morgan fingerprint density at radius 3 is 2.00 bits per heavy atom. The van der Waals surface area contributed by atoms with Gasteiger partial charge in [-0.2, -0.15) is 0 Å². The van der Waals surface area contributed by atoms with E-state index in [9.17, 15) is 0 Å². The Labute approximate surface area is 127 Å². The van der Waals surface area contributed by atoms with Crippen molar-refractivity contribution in [1.29, 1.82) is 0 Å². The largest absolute Gasteiger partial charge is 0.290 e. The van der Waals surface area contributed by atoms with Crippen molar-refractivity contribution in [2.75, 3.05) is 19.8 Å². The average molecular weight is 284 g/mol. The van der Waals surface area contributed by atoms with Crippen molar-refractivity contribution in [3.05, 3.63) is 12.7 Å². The lowest BCUT2D eigenvalue weighted by Crippen LogP contribution is -2.39. The van der Waals surface area contributed by atoms with Gasteiger partial charge in [-0.05, 0) is 38.8 Å². The first-order chi connectivity index (χ1) is 9.85. The lowest BCUT2D eigenvalue weighted by atomic mass is 10.1. The van der Waals surface area contributed by atoms with Crippen LogP contribution in [0.4, 0.5) is 0 Å². The van der Waals surface area contributed by atoms with Crippen LogP contribution < -0.4 is 11.3 Å². The minimum atomic E-state index is 0.821. The fraction of sp³-hybridized carbons (Fsp3) is 0.882. The van der Waals surface area contributed by atoms with Gasteiger partial charge >= 0.3 is 0 Å². The maximum absolute atomic E-state index is 5.47. The zero-order valence-electron chi connectivity index (χ0n) is 13.7. The topological polar surface area (TPSA) is 41.3 Å². The molecule has 3 heteroatoms. The van der Waals surface area contributed by atoms with Gasteiger partial charge in [0.15, 0.2) is 0 Å². The lowest BCUT2D eigenvalue weighted by molar-refractivity contribution is 0.242. The Morgan fingerprint density at radius 1 is 0.900 bits per heavy atom. The fourth-order valence-corrected chi connectivity index (χ4v) is 2.49. The molecule has 0 aliphatic heterocycles. The SMILES string of the molecule is C=CCCCCCCN(CCCCCCCC)CNN. The van der Waals surface area contributed by atoms with Crippen molar-refractivity contribution in [2.24, 2.45) is 5.84 Å². The molecule has 0 bridgehead atoms. The van der Waals surface area contributed by atoms with E-state index in [1.54, 1.807) is 0 Å². The molecule has 0 saturated heterocycles. The molecule has 0 aromatic heterocycles. The molecule has 0 radical (unpaired) electrons. The third kappa shape index (κ3) is 14.0. The van der Waals surface area contributed by atoms with Gasteiger partial charge in [0.25, 0.3) is 0 Å². The second-order valence-electron chi connectivity index (χ2n) is 5.74. The molecular formula is C17H37N3. The third-order valence-corrected chi connectivity index (χ3v) is 3.78. The van der Waals surface area contributed by atoms with E-state index in [1.165, 1.54) is 77.3 Å². The van der Waals surface area contributed by atoms with Crippen LogP contribution in [0.3, 0.4) is 0 Å². The minimum Gasteiger partial charge on any atom is -0.290 e. The summed E-state index contributed by atoms with van der Waals surface area (Å²) in [5.41, 5.74) is 2.80. The summed E-state index contributed by atoms with van der Waals surface area (Å²) in [6.45, 7) is 9.21. The van der Waals surface area contributed by atoms with E-state index in [1.807, 2.05) is 6.08 Å². The van der Waals surface area contributed by atoms with Gasteiger partial charge in [0.05, 0.1) is 6.67 Å². The summed E-state index contributed by atoms with van der Waals surface area (Å²) in [5, 5.41) is 0. The van der Waals surface area contributed by atoms with Crippen LogP contribution in [0.2, 0.25) is 0 Å². The Balaban J connectivity index is 3.47. The molecule has 0 rings (SSSR count). The monoisotopic (exact) mass is 283 g/mol. The van der Waals surface area contributed by atoms with Crippen LogP contribution in [0.25, 0.3) is 0 Å². The summed E-state index contributed by atoms with van der Waals surface area (Å²) in [6.07, 6.45) is 16.6. The van der Waals surface area contributed by atoms with E-state index in [0.29, 0.717) is 0 Å². The number of allylic oxidation sites excluding steroid dienone is 1. The van der Waals surface area contributed by atoms with Gasteiger partial charge in [-0.3, -0.25) is 10.7 Å². The van der Waals surface area contributed by atoms with Gasteiger partial charge in [-0.15, -0.1) is 6.58 Å². The molecule has 0 aliphatic rings. The highest BCUT2D eigenvalue weighted by molar-refractivity contribution is 4.65. The molecule has 0 unspecified atom stereocenters. The second-order valence-corrected chi connectivity index (χ2v) is 5.74.